The van der Waals surface area contributed by atoms with Crippen molar-refractivity contribution in [1.29, 1.82) is 0 Å². The first-order chi connectivity index (χ1) is 22.7. The second kappa shape index (κ2) is 9.69. The summed E-state index contributed by atoms with van der Waals surface area (Å²) in [4.78, 5) is 0. The van der Waals surface area contributed by atoms with E-state index in [0.717, 1.165) is 21.7 Å². The van der Waals surface area contributed by atoms with Crippen molar-refractivity contribution in [2.45, 2.75) is 0 Å². The zero-order chi connectivity index (χ0) is 30.4. The summed E-state index contributed by atoms with van der Waals surface area (Å²) in [6.07, 6.45) is 0. The molecule has 0 aliphatic rings. The second-order valence-corrected chi connectivity index (χ2v) is 14.0. The third-order valence-electron chi connectivity index (χ3n) is 9.84. The van der Waals surface area contributed by atoms with Crippen LogP contribution in [0.3, 0.4) is 0 Å². The van der Waals surface area contributed by atoms with Gasteiger partial charge in [0, 0.05) is 0 Å². The van der Waals surface area contributed by atoms with E-state index in [1.165, 1.54) is 75.8 Å². The van der Waals surface area contributed by atoms with Crippen LogP contribution in [0.15, 0.2) is 158 Å². The normalized spacial score (nSPS) is 12.0. The Balaban J connectivity index is 1.08. The van der Waals surface area contributed by atoms with Crippen molar-refractivity contribution in [2.24, 2.45) is 0 Å². The molecule has 0 bridgehead atoms. The topological polar surface area (TPSA) is 17.1 Å². The summed E-state index contributed by atoms with van der Waals surface area (Å²) in [5.41, 5.74) is 4.50. The smallest absolute Gasteiger partial charge is 0.0613 e. The van der Waals surface area contributed by atoms with Crippen molar-refractivity contribution in [3.63, 3.8) is 0 Å². The quantitative estimate of drug-likeness (QED) is 0.145. The molecule has 10 aromatic carbocycles. The zero-order valence-electron chi connectivity index (χ0n) is 24.9. The first-order valence-corrected chi connectivity index (χ1v) is 17.0. The van der Waals surface area contributed by atoms with Crippen molar-refractivity contribution in [2.75, 3.05) is 0 Å². The van der Waals surface area contributed by atoms with Gasteiger partial charge in [0.2, 0.25) is 0 Å². The highest BCUT2D eigenvalue weighted by atomic mass is 31.1. The molecule has 0 unspecified atom stereocenters. The average molecular weight is 602 g/mol. The Morgan fingerprint density at radius 2 is 0.674 bits per heavy atom. The van der Waals surface area contributed by atoms with E-state index in [1.807, 2.05) is 24.3 Å². The van der Waals surface area contributed by atoms with E-state index in [9.17, 15) is 4.57 Å². The lowest BCUT2D eigenvalue weighted by molar-refractivity contribution is 0.598. The van der Waals surface area contributed by atoms with Crippen LogP contribution in [-0.4, -0.2) is 0 Å². The van der Waals surface area contributed by atoms with Gasteiger partial charge in [0.15, 0.2) is 10.6 Å². The van der Waals surface area contributed by atoms with Crippen LogP contribution >= 0.6 is 7.80 Å². The minimum atomic E-state index is -1.80. The van der Waals surface area contributed by atoms with Gasteiger partial charge in [-0.1, -0.05) is 138 Å². The lowest BCUT2D eigenvalue weighted by Gasteiger charge is -2.14. The minimum Gasteiger partial charge on any atom is -0.0613 e. The van der Waals surface area contributed by atoms with Gasteiger partial charge in [-0.15, -0.1) is 0 Å². The van der Waals surface area contributed by atoms with Gasteiger partial charge in [-0.05, 0) is 111 Å². The summed E-state index contributed by atoms with van der Waals surface area (Å²) in [5.74, 6) is 0. The molecule has 10 rings (SSSR count). The van der Waals surface area contributed by atoms with Gasteiger partial charge in [0.05, 0.1) is 0 Å². The highest BCUT2D eigenvalue weighted by Crippen LogP contribution is 2.41. The SMILES string of the molecule is O=[P+](c1cccc(-c2ccc3ccc4cccc5ccc2c3c45)c1)c1cccc(-c2ccc3ccc4cccc5ccc2c3c45)c1. The van der Waals surface area contributed by atoms with Gasteiger partial charge in [-0.25, -0.2) is 0 Å². The molecule has 0 amide bonds. The Hall–Kier alpha value is -5.62. The molecular formula is C44H26OP+. The molecule has 2 heteroatoms. The van der Waals surface area contributed by atoms with Crippen LogP contribution in [0.2, 0.25) is 0 Å². The predicted molar refractivity (Wildman–Crippen MR) is 198 cm³/mol. The van der Waals surface area contributed by atoms with Crippen LogP contribution < -0.4 is 10.6 Å². The lowest BCUT2D eigenvalue weighted by atomic mass is 9.90. The van der Waals surface area contributed by atoms with Gasteiger partial charge < -0.3 is 0 Å². The molecule has 1 nitrogen and oxygen atoms in total. The Labute approximate surface area is 266 Å². The summed E-state index contributed by atoms with van der Waals surface area (Å²) in [7, 11) is -1.80. The number of hydrogen-bond donors (Lipinski definition) is 0. The molecule has 10 aromatic rings. The summed E-state index contributed by atoms with van der Waals surface area (Å²) < 4.78 is 14.2. The fourth-order valence-corrected chi connectivity index (χ4v) is 8.98. The lowest BCUT2D eigenvalue weighted by Crippen LogP contribution is -2.07. The van der Waals surface area contributed by atoms with Crippen molar-refractivity contribution in [3.05, 3.63) is 158 Å². The Morgan fingerprint density at radius 1 is 0.326 bits per heavy atom. The van der Waals surface area contributed by atoms with Crippen LogP contribution in [-0.2, 0) is 4.57 Å². The largest absolute Gasteiger partial charge is 0.415 e. The van der Waals surface area contributed by atoms with E-state index in [2.05, 4.69) is 133 Å². The molecule has 0 N–H and O–H groups in total. The van der Waals surface area contributed by atoms with Crippen LogP contribution in [0.25, 0.3) is 86.9 Å². The monoisotopic (exact) mass is 601 g/mol. The molecule has 0 radical (unpaired) electrons. The van der Waals surface area contributed by atoms with Gasteiger partial charge >= 0.3 is 7.80 Å². The Morgan fingerprint density at radius 3 is 1.11 bits per heavy atom. The second-order valence-electron chi connectivity index (χ2n) is 12.3. The van der Waals surface area contributed by atoms with Crippen molar-refractivity contribution in [3.8, 4) is 22.3 Å². The van der Waals surface area contributed by atoms with E-state index in [-0.39, 0.29) is 0 Å². The molecular weight excluding hydrogens is 575 g/mol. The molecule has 0 heterocycles. The zero-order valence-corrected chi connectivity index (χ0v) is 25.8. The third-order valence-corrected chi connectivity index (χ3v) is 11.3. The summed E-state index contributed by atoms with van der Waals surface area (Å²) in [5, 5.41) is 16.9. The van der Waals surface area contributed by atoms with E-state index < -0.39 is 7.80 Å². The van der Waals surface area contributed by atoms with Crippen LogP contribution in [0.5, 0.6) is 0 Å². The van der Waals surface area contributed by atoms with E-state index in [1.54, 1.807) is 0 Å². The molecule has 0 atom stereocenters. The van der Waals surface area contributed by atoms with Gasteiger partial charge in [-0.3, -0.25) is 0 Å². The van der Waals surface area contributed by atoms with Crippen LogP contribution in [0.1, 0.15) is 0 Å². The standard InChI is InChI=1S/C44H26OP/c45-46(35-11-3-9-33(25-35)37-21-17-31-15-13-27-5-1-7-29-19-23-39(37)43(31)41(27)29)36-12-4-10-34(26-36)38-22-18-32-16-14-28-6-2-8-30-20-24-40(38)44(32)42(28)30/h1-26H/q+1. The predicted octanol–water partition coefficient (Wildman–Crippen LogP) is 11.6. The van der Waals surface area contributed by atoms with E-state index in [4.69, 9.17) is 0 Å². The van der Waals surface area contributed by atoms with Gasteiger partial charge in [0.1, 0.15) is 0 Å². The van der Waals surface area contributed by atoms with Gasteiger partial charge in [-0.2, -0.15) is 0 Å². The van der Waals surface area contributed by atoms with E-state index in [0.29, 0.717) is 0 Å². The molecule has 212 valence electrons. The fourth-order valence-electron chi connectivity index (χ4n) is 7.72. The average Bonchev–Trinajstić information content (AvgIpc) is 3.12. The summed E-state index contributed by atoms with van der Waals surface area (Å²) in [6.45, 7) is 0. The maximum atomic E-state index is 14.2. The minimum absolute atomic E-state index is 0.839. The van der Waals surface area contributed by atoms with Crippen molar-refractivity contribution in [1.82, 2.24) is 0 Å². The Bertz CT molecular complexity index is 2600. The number of rotatable bonds is 4. The molecule has 0 aliphatic heterocycles. The van der Waals surface area contributed by atoms with Crippen LogP contribution in [0, 0.1) is 0 Å². The highest BCUT2D eigenvalue weighted by molar-refractivity contribution is 7.61. The number of benzene rings is 10. The summed E-state index contributed by atoms with van der Waals surface area (Å²) in [6, 6.07) is 56.3. The Kier molecular flexibility index (Phi) is 5.41. The molecule has 0 spiro atoms. The van der Waals surface area contributed by atoms with Crippen molar-refractivity contribution < 1.29 is 4.57 Å². The van der Waals surface area contributed by atoms with E-state index >= 15 is 0 Å². The molecule has 0 aromatic heterocycles. The summed E-state index contributed by atoms with van der Waals surface area (Å²) >= 11 is 0. The molecule has 0 saturated carbocycles. The van der Waals surface area contributed by atoms with Crippen LogP contribution in [0.4, 0.5) is 0 Å². The maximum absolute atomic E-state index is 14.2. The molecule has 0 fully saturated rings. The van der Waals surface area contributed by atoms with Crippen molar-refractivity contribution >= 4 is 83.0 Å². The molecule has 0 saturated heterocycles. The number of hydrogen-bond acceptors (Lipinski definition) is 1. The maximum Gasteiger partial charge on any atom is 0.415 e. The first-order valence-electron chi connectivity index (χ1n) is 15.7. The first kappa shape index (κ1) is 25.7. The molecule has 0 aliphatic carbocycles. The fraction of sp³-hybridized carbons (Fsp3) is 0. The third kappa shape index (κ3) is 3.70. The highest BCUT2D eigenvalue weighted by Gasteiger charge is 2.25. The van der Waals surface area contributed by atoms with Gasteiger partial charge in [0.25, 0.3) is 0 Å². The molecule has 46 heavy (non-hydrogen) atoms.